The molecule has 1 heterocycles. The number of rotatable bonds is 5. The van der Waals surface area contributed by atoms with Gasteiger partial charge in [-0.2, -0.15) is 10.2 Å². The minimum atomic E-state index is -0.443. The van der Waals surface area contributed by atoms with Crippen molar-refractivity contribution in [3.05, 3.63) is 83.2 Å². The summed E-state index contributed by atoms with van der Waals surface area (Å²) >= 11 is 0. The number of ether oxygens (including phenoxy) is 1. The molecule has 0 saturated carbocycles. The highest BCUT2D eigenvalue weighted by atomic mass is 16.5. The molecule has 3 rings (SSSR count). The quantitative estimate of drug-likeness (QED) is 0.321. The SMILES string of the molecule is Cc1cc(C(=O)N/N=C/c2cccc(OC(=O)c3ccccc3)c2)n[nH]1. The molecule has 0 saturated heterocycles. The third kappa shape index (κ3) is 4.41. The Balaban J connectivity index is 1.62. The first kappa shape index (κ1) is 17.1. The molecule has 1 aromatic heterocycles. The number of aromatic amines is 1. The zero-order chi connectivity index (χ0) is 18.4. The number of nitrogens with zero attached hydrogens (tertiary/aromatic N) is 2. The second-order valence-corrected chi connectivity index (χ2v) is 5.46. The third-order valence-corrected chi connectivity index (χ3v) is 3.40. The molecule has 2 N–H and O–H groups in total. The van der Waals surface area contributed by atoms with Crippen LogP contribution in [0.4, 0.5) is 0 Å². The maximum absolute atomic E-state index is 12.1. The van der Waals surface area contributed by atoms with E-state index in [0.29, 0.717) is 16.9 Å². The van der Waals surface area contributed by atoms with E-state index in [1.165, 1.54) is 6.21 Å². The fourth-order valence-electron chi connectivity index (χ4n) is 2.16. The minimum absolute atomic E-state index is 0.255. The number of carbonyl (C=O) groups excluding carboxylic acids is 2. The van der Waals surface area contributed by atoms with Crippen molar-refractivity contribution in [3.8, 4) is 5.75 Å². The van der Waals surface area contributed by atoms with Crippen LogP contribution in [0.15, 0.2) is 65.8 Å². The molecule has 7 heteroatoms. The average molecular weight is 348 g/mol. The number of nitrogens with one attached hydrogen (secondary N) is 2. The number of aromatic nitrogens is 2. The largest absolute Gasteiger partial charge is 0.423 e. The fourth-order valence-corrected chi connectivity index (χ4v) is 2.16. The Morgan fingerprint density at radius 1 is 1.12 bits per heavy atom. The van der Waals surface area contributed by atoms with Crippen LogP contribution in [-0.4, -0.2) is 28.3 Å². The van der Waals surface area contributed by atoms with Gasteiger partial charge in [-0.1, -0.05) is 30.3 Å². The van der Waals surface area contributed by atoms with Crippen molar-refractivity contribution < 1.29 is 14.3 Å². The van der Waals surface area contributed by atoms with Crippen LogP contribution < -0.4 is 10.2 Å². The highest BCUT2D eigenvalue weighted by Gasteiger charge is 2.09. The Morgan fingerprint density at radius 3 is 2.65 bits per heavy atom. The number of aryl methyl sites for hydroxylation is 1. The van der Waals surface area contributed by atoms with Crippen LogP contribution in [0.2, 0.25) is 0 Å². The molecule has 130 valence electrons. The summed E-state index contributed by atoms with van der Waals surface area (Å²) < 4.78 is 5.34. The first-order valence-electron chi connectivity index (χ1n) is 7.84. The van der Waals surface area contributed by atoms with Crippen molar-refractivity contribution in [3.63, 3.8) is 0 Å². The number of hydrogen-bond acceptors (Lipinski definition) is 5. The lowest BCUT2D eigenvalue weighted by Gasteiger charge is -2.04. The van der Waals surface area contributed by atoms with Crippen LogP contribution in [0, 0.1) is 6.92 Å². The van der Waals surface area contributed by atoms with Crippen LogP contribution in [-0.2, 0) is 0 Å². The number of H-pyrrole nitrogens is 1. The van der Waals surface area contributed by atoms with Crippen molar-refractivity contribution in [1.82, 2.24) is 15.6 Å². The molecule has 0 atom stereocenters. The summed E-state index contributed by atoms with van der Waals surface area (Å²) in [6, 6.07) is 17.2. The molecule has 26 heavy (non-hydrogen) atoms. The van der Waals surface area contributed by atoms with Crippen molar-refractivity contribution in [2.75, 3.05) is 0 Å². The normalized spacial score (nSPS) is 10.7. The van der Waals surface area contributed by atoms with E-state index in [2.05, 4.69) is 20.7 Å². The van der Waals surface area contributed by atoms with Crippen LogP contribution in [0.1, 0.15) is 32.1 Å². The summed E-state index contributed by atoms with van der Waals surface area (Å²) in [5, 5.41) is 10.4. The summed E-state index contributed by atoms with van der Waals surface area (Å²) in [4.78, 5) is 23.9. The second-order valence-electron chi connectivity index (χ2n) is 5.46. The standard InChI is InChI=1S/C19H16N4O3/c1-13-10-17(22-21-13)18(24)23-20-12-14-6-5-9-16(11-14)26-19(25)15-7-3-2-4-8-15/h2-12H,1H3,(H,21,22)(H,23,24)/b20-12+. The van der Waals surface area contributed by atoms with Gasteiger partial charge in [0, 0.05) is 5.69 Å². The zero-order valence-corrected chi connectivity index (χ0v) is 14.0. The number of amides is 1. The van der Waals surface area contributed by atoms with Crippen molar-refractivity contribution >= 4 is 18.1 Å². The third-order valence-electron chi connectivity index (χ3n) is 3.40. The van der Waals surface area contributed by atoms with E-state index in [9.17, 15) is 9.59 Å². The van der Waals surface area contributed by atoms with Crippen LogP contribution in [0.25, 0.3) is 0 Å². The lowest BCUT2D eigenvalue weighted by atomic mass is 10.2. The average Bonchev–Trinajstić information content (AvgIpc) is 3.09. The van der Waals surface area contributed by atoms with E-state index in [1.807, 2.05) is 6.07 Å². The molecular weight excluding hydrogens is 332 g/mol. The van der Waals surface area contributed by atoms with E-state index in [4.69, 9.17) is 4.74 Å². The highest BCUT2D eigenvalue weighted by molar-refractivity contribution is 5.93. The molecule has 0 unspecified atom stereocenters. The molecule has 0 aliphatic heterocycles. The zero-order valence-electron chi connectivity index (χ0n) is 14.0. The number of hydrogen-bond donors (Lipinski definition) is 2. The predicted octanol–water partition coefficient (Wildman–Crippen LogP) is 2.70. The van der Waals surface area contributed by atoms with Gasteiger partial charge in [-0.15, -0.1) is 0 Å². The minimum Gasteiger partial charge on any atom is -0.423 e. The van der Waals surface area contributed by atoms with Crippen molar-refractivity contribution in [2.45, 2.75) is 6.92 Å². The first-order chi connectivity index (χ1) is 12.6. The van der Waals surface area contributed by atoms with Gasteiger partial charge in [0.05, 0.1) is 11.8 Å². The van der Waals surface area contributed by atoms with E-state index < -0.39 is 11.9 Å². The second kappa shape index (κ2) is 7.89. The summed E-state index contributed by atoms with van der Waals surface area (Å²) in [6.45, 7) is 1.80. The highest BCUT2D eigenvalue weighted by Crippen LogP contribution is 2.14. The van der Waals surface area contributed by atoms with E-state index in [0.717, 1.165) is 5.69 Å². The molecule has 0 fully saturated rings. The van der Waals surface area contributed by atoms with Crippen LogP contribution in [0.5, 0.6) is 5.75 Å². The van der Waals surface area contributed by atoms with Gasteiger partial charge in [0.15, 0.2) is 5.69 Å². The molecule has 7 nitrogen and oxygen atoms in total. The van der Waals surface area contributed by atoms with E-state index in [-0.39, 0.29) is 5.69 Å². The number of esters is 1. The molecule has 3 aromatic rings. The fraction of sp³-hybridized carbons (Fsp3) is 0.0526. The molecule has 0 aliphatic rings. The predicted molar refractivity (Wildman–Crippen MR) is 96.2 cm³/mol. The Morgan fingerprint density at radius 2 is 1.92 bits per heavy atom. The van der Waals surface area contributed by atoms with Gasteiger partial charge < -0.3 is 4.74 Å². The molecule has 2 aromatic carbocycles. The lowest BCUT2D eigenvalue weighted by Crippen LogP contribution is -2.18. The molecule has 1 amide bonds. The van der Waals surface area contributed by atoms with E-state index >= 15 is 0 Å². The van der Waals surface area contributed by atoms with E-state index in [1.54, 1.807) is 61.5 Å². The Labute approximate surface area is 149 Å². The molecule has 0 bridgehead atoms. The monoisotopic (exact) mass is 348 g/mol. The van der Waals surface area contributed by atoms with Crippen LogP contribution in [0.3, 0.4) is 0 Å². The van der Waals surface area contributed by atoms with Gasteiger partial charge in [0.1, 0.15) is 5.75 Å². The number of hydrazone groups is 1. The Hall–Kier alpha value is -3.74. The van der Waals surface area contributed by atoms with Gasteiger partial charge >= 0.3 is 5.97 Å². The summed E-state index contributed by atoms with van der Waals surface area (Å²) in [6.07, 6.45) is 1.46. The smallest absolute Gasteiger partial charge is 0.343 e. The summed E-state index contributed by atoms with van der Waals surface area (Å²) in [5.74, 6) is -0.476. The van der Waals surface area contributed by atoms with Gasteiger partial charge in [0.2, 0.25) is 0 Å². The first-order valence-corrected chi connectivity index (χ1v) is 7.84. The van der Waals surface area contributed by atoms with Gasteiger partial charge in [-0.3, -0.25) is 9.89 Å². The molecular formula is C19H16N4O3. The van der Waals surface area contributed by atoms with Crippen LogP contribution >= 0.6 is 0 Å². The number of benzene rings is 2. The molecule has 0 aliphatic carbocycles. The van der Waals surface area contributed by atoms with Gasteiger partial charge in [-0.25, -0.2) is 10.2 Å². The topological polar surface area (TPSA) is 96.4 Å². The molecule has 0 spiro atoms. The summed E-state index contributed by atoms with van der Waals surface area (Å²) in [7, 11) is 0. The van der Waals surface area contributed by atoms with Crippen molar-refractivity contribution in [2.24, 2.45) is 5.10 Å². The lowest BCUT2D eigenvalue weighted by molar-refractivity contribution is 0.0734. The molecule has 0 radical (unpaired) electrons. The summed E-state index contributed by atoms with van der Waals surface area (Å²) in [5.41, 5.74) is 4.56. The van der Waals surface area contributed by atoms with Gasteiger partial charge in [0.25, 0.3) is 5.91 Å². The number of carbonyl (C=O) groups is 2. The Kier molecular flexibility index (Phi) is 5.19. The maximum atomic E-state index is 12.1. The van der Waals surface area contributed by atoms with Gasteiger partial charge in [-0.05, 0) is 42.8 Å². The van der Waals surface area contributed by atoms with Crippen molar-refractivity contribution in [1.29, 1.82) is 0 Å². The maximum Gasteiger partial charge on any atom is 0.343 e. The Bertz CT molecular complexity index is 948.